The van der Waals surface area contributed by atoms with Crippen LogP contribution in [0.15, 0.2) is 49.6 Å². The van der Waals surface area contributed by atoms with Crippen molar-refractivity contribution in [3.8, 4) is 5.69 Å². The molecule has 2 rings (SSSR count). The van der Waals surface area contributed by atoms with Gasteiger partial charge >= 0.3 is 0 Å². The second-order valence-corrected chi connectivity index (χ2v) is 2.73. The van der Waals surface area contributed by atoms with Gasteiger partial charge in [-0.25, -0.2) is 4.98 Å². The van der Waals surface area contributed by atoms with Gasteiger partial charge in [0.2, 0.25) is 0 Å². The zero-order valence-electron chi connectivity index (χ0n) is 7.22. The Morgan fingerprint density at radius 3 is 2.85 bits per heavy atom. The Bertz CT molecular complexity index is 402. The lowest BCUT2D eigenvalue weighted by molar-refractivity contribution is 1.05. The van der Waals surface area contributed by atoms with Crippen molar-refractivity contribution >= 4 is 6.08 Å². The summed E-state index contributed by atoms with van der Waals surface area (Å²) in [5.74, 6) is 0. The molecule has 0 amide bonds. The van der Waals surface area contributed by atoms with Crippen LogP contribution in [0, 0.1) is 0 Å². The molecule has 1 heterocycles. The fraction of sp³-hybridized carbons (Fsp3) is 0. The zero-order valence-corrected chi connectivity index (χ0v) is 7.22. The number of imidazole rings is 1. The van der Waals surface area contributed by atoms with Crippen molar-refractivity contribution in [3.63, 3.8) is 0 Å². The number of aromatic nitrogens is 2. The van der Waals surface area contributed by atoms with Gasteiger partial charge in [0, 0.05) is 12.4 Å². The number of benzene rings is 1. The van der Waals surface area contributed by atoms with Gasteiger partial charge < -0.3 is 4.57 Å². The van der Waals surface area contributed by atoms with Gasteiger partial charge in [0.05, 0.1) is 12.0 Å². The highest BCUT2D eigenvalue weighted by molar-refractivity contribution is 5.58. The first-order chi connectivity index (χ1) is 6.42. The topological polar surface area (TPSA) is 17.8 Å². The Labute approximate surface area is 77.2 Å². The van der Waals surface area contributed by atoms with Crippen molar-refractivity contribution in [1.29, 1.82) is 0 Å². The third-order valence-corrected chi connectivity index (χ3v) is 1.94. The van der Waals surface area contributed by atoms with Gasteiger partial charge in [-0.15, -0.1) is 0 Å². The molecule has 0 bridgehead atoms. The molecule has 0 N–H and O–H groups in total. The third kappa shape index (κ3) is 1.38. The summed E-state index contributed by atoms with van der Waals surface area (Å²) >= 11 is 0. The van der Waals surface area contributed by atoms with Crippen LogP contribution in [-0.2, 0) is 0 Å². The smallest absolute Gasteiger partial charge is 0.0991 e. The first kappa shape index (κ1) is 7.80. The normalized spacial score (nSPS) is 9.85. The summed E-state index contributed by atoms with van der Waals surface area (Å²) in [6.45, 7) is 3.77. The maximum absolute atomic E-state index is 4.00. The number of para-hydroxylation sites is 1. The van der Waals surface area contributed by atoms with Gasteiger partial charge in [0.1, 0.15) is 0 Å². The maximum Gasteiger partial charge on any atom is 0.0991 e. The second-order valence-electron chi connectivity index (χ2n) is 2.73. The number of hydrogen-bond acceptors (Lipinski definition) is 1. The molecule has 0 atom stereocenters. The molecule has 2 heteroatoms. The van der Waals surface area contributed by atoms with E-state index < -0.39 is 0 Å². The van der Waals surface area contributed by atoms with Crippen LogP contribution >= 0.6 is 0 Å². The summed E-state index contributed by atoms with van der Waals surface area (Å²) in [6.07, 6.45) is 7.31. The lowest BCUT2D eigenvalue weighted by atomic mass is 10.2. The van der Waals surface area contributed by atoms with Crippen LogP contribution in [0.25, 0.3) is 11.8 Å². The van der Waals surface area contributed by atoms with Crippen LogP contribution in [0.3, 0.4) is 0 Å². The lowest BCUT2D eigenvalue weighted by Crippen LogP contribution is -1.92. The predicted molar refractivity (Wildman–Crippen MR) is 53.7 cm³/mol. The Kier molecular flexibility index (Phi) is 1.96. The average Bonchev–Trinajstić information content (AvgIpc) is 2.70. The van der Waals surface area contributed by atoms with Gasteiger partial charge in [0.25, 0.3) is 0 Å². The molecule has 1 aromatic carbocycles. The summed E-state index contributed by atoms with van der Waals surface area (Å²) in [5.41, 5.74) is 2.22. The fourth-order valence-electron chi connectivity index (χ4n) is 1.30. The van der Waals surface area contributed by atoms with Crippen LogP contribution in [0.1, 0.15) is 5.56 Å². The lowest BCUT2D eigenvalue weighted by Gasteiger charge is -2.05. The largest absolute Gasteiger partial charge is 0.306 e. The number of hydrogen-bond donors (Lipinski definition) is 0. The molecule has 2 nitrogen and oxygen atoms in total. The molecule has 0 fully saturated rings. The van der Waals surface area contributed by atoms with Crippen molar-refractivity contribution < 1.29 is 0 Å². The van der Waals surface area contributed by atoms with Gasteiger partial charge in [-0.3, -0.25) is 0 Å². The van der Waals surface area contributed by atoms with E-state index in [1.165, 1.54) is 0 Å². The molecule has 2 aromatic rings. The number of rotatable bonds is 2. The Balaban J connectivity index is 2.57. The van der Waals surface area contributed by atoms with Crippen LogP contribution in [0.4, 0.5) is 0 Å². The summed E-state index contributed by atoms with van der Waals surface area (Å²) in [5, 5.41) is 0. The Morgan fingerprint density at radius 1 is 1.31 bits per heavy atom. The Hall–Kier alpha value is -1.83. The number of nitrogens with zero attached hydrogens (tertiary/aromatic N) is 2. The maximum atomic E-state index is 4.00. The molecular formula is C11H10N2. The standard InChI is InChI=1S/C11H10N2/c1-2-10-5-3-4-6-11(10)13-8-7-12-9-13/h2-9H,1H2. The summed E-state index contributed by atoms with van der Waals surface area (Å²) in [4.78, 5) is 4.00. The molecule has 0 aliphatic rings. The Morgan fingerprint density at radius 2 is 2.15 bits per heavy atom. The van der Waals surface area contributed by atoms with Gasteiger partial charge in [0.15, 0.2) is 0 Å². The van der Waals surface area contributed by atoms with E-state index in [4.69, 9.17) is 0 Å². The molecular weight excluding hydrogens is 160 g/mol. The molecule has 0 saturated carbocycles. The molecule has 0 aliphatic carbocycles. The molecule has 13 heavy (non-hydrogen) atoms. The van der Waals surface area contributed by atoms with E-state index in [0.29, 0.717) is 0 Å². The highest BCUT2D eigenvalue weighted by atomic mass is 15.0. The van der Waals surface area contributed by atoms with E-state index in [-0.39, 0.29) is 0 Å². The van der Waals surface area contributed by atoms with Crippen molar-refractivity contribution in [1.82, 2.24) is 9.55 Å². The van der Waals surface area contributed by atoms with E-state index in [0.717, 1.165) is 11.3 Å². The minimum atomic E-state index is 1.11. The van der Waals surface area contributed by atoms with E-state index >= 15 is 0 Å². The predicted octanol–water partition coefficient (Wildman–Crippen LogP) is 2.52. The van der Waals surface area contributed by atoms with Gasteiger partial charge in [-0.1, -0.05) is 30.9 Å². The van der Waals surface area contributed by atoms with Gasteiger partial charge in [-0.05, 0) is 11.6 Å². The SMILES string of the molecule is C=Cc1ccccc1-n1ccnc1. The fourth-order valence-corrected chi connectivity index (χ4v) is 1.30. The summed E-state index contributed by atoms with van der Waals surface area (Å²) in [7, 11) is 0. The summed E-state index contributed by atoms with van der Waals surface area (Å²) < 4.78 is 1.97. The minimum absolute atomic E-state index is 1.11. The van der Waals surface area contributed by atoms with Gasteiger partial charge in [-0.2, -0.15) is 0 Å². The van der Waals surface area contributed by atoms with E-state index in [9.17, 15) is 0 Å². The van der Waals surface area contributed by atoms with E-state index in [1.54, 1.807) is 12.5 Å². The minimum Gasteiger partial charge on any atom is -0.306 e. The van der Waals surface area contributed by atoms with Crippen LogP contribution in [0.2, 0.25) is 0 Å². The molecule has 0 radical (unpaired) electrons. The van der Waals surface area contributed by atoms with E-state index in [2.05, 4.69) is 11.6 Å². The van der Waals surface area contributed by atoms with Crippen molar-refractivity contribution in [2.75, 3.05) is 0 Å². The van der Waals surface area contributed by atoms with Crippen molar-refractivity contribution in [2.45, 2.75) is 0 Å². The monoisotopic (exact) mass is 170 g/mol. The first-order valence-corrected chi connectivity index (χ1v) is 4.11. The van der Waals surface area contributed by atoms with Crippen LogP contribution in [-0.4, -0.2) is 9.55 Å². The quantitative estimate of drug-likeness (QED) is 0.677. The average molecular weight is 170 g/mol. The van der Waals surface area contributed by atoms with E-state index in [1.807, 2.05) is 41.1 Å². The summed E-state index contributed by atoms with van der Waals surface area (Å²) in [6, 6.07) is 8.07. The molecule has 0 unspecified atom stereocenters. The first-order valence-electron chi connectivity index (χ1n) is 4.11. The molecule has 0 saturated heterocycles. The zero-order chi connectivity index (χ0) is 9.10. The van der Waals surface area contributed by atoms with Crippen LogP contribution < -0.4 is 0 Å². The third-order valence-electron chi connectivity index (χ3n) is 1.94. The molecule has 1 aromatic heterocycles. The second kappa shape index (κ2) is 3.27. The van der Waals surface area contributed by atoms with Crippen LogP contribution in [0.5, 0.6) is 0 Å². The molecule has 64 valence electrons. The highest BCUT2D eigenvalue weighted by Gasteiger charge is 1.98. The van der Waals surface area contributed by atoms with Crippen molar-refractivity contribution in [3.05, 3.63) is 55.1 Å². The molecule has 0 spiro atoms. The highest BCUT2D eigenvalue weighted by Crippen LogP contribution is 2.14. The van der Waals surface area contributed by atoms with Crippen molar-refractivity contribution in [2.24, 2.45) is 0 Å². The molecule has 0 aliphatic heterocycles.